The van der Waals surface area contributed by atoms with Crippen LogP contribution in [0.15, 0.2) is 24.3 Å². The molecule has 0 bridgehead atoms. The quantitative estimate of drug-likeness (QED) is 0.808. The maximum absolute atomic E-state index is 5.43. The first-order chi connectivity index (χ1) is 9.10. The van der Waals surface area contributed by atoms with Gasteiger partial charge >= 0.3 is 0 Å². The zero-order valence-corrected chi connectivity index (χ0v) is 13.2. The van der Waals surface area contributed by atoms with Gasteiger partial charge in [-0.05, 0) is 19.1 Å². The van der Waals surface area contributed by atoms with Gasteiger partial charge in [0.05, 0.1) is 18.5 Å². The van der Waals surface area contributed by atoms with Gasteiger partial charge in [-0.1, -0.05) is 28.1 Å². The lowest BCUT2D eigenvalue weighted by Crippen LogP contribution is -2.15. The molecular weight excluding hydrogens is 306 g/mol. The van der Waals surface area contributed by atoms with E-state index in [4.69, 9.17) is 4.74 Å². The fourth-order valence-electron chi connectivity index (χ4n) is 2.29. The number of benzene rings is 1. The molecule has 1 aromatic heterocycles. The first-order valence-electron chi connectivity index (χ1n) is 6.05. The second-order valence-electron chi connectivity index (χ2n) is 4.38. The monoisotopic (exact) mass is 323 g/mol. The van der Waals surface area contributed by atoms with Crippen molar-refractivity contribution in [2.75, 3.05) is 19.1 Å². The van der Waals surface area contributed by atoms with Gasteiger partial charge in [0, 0.05) is 25.0 Å². The summed E-state index contributed by atoms with van der Waals surface area (Å²) in [5.74, 6) is 1.92. The highest BCUT2D eigenvalue weighted by atomic mass is 79.9. The van der Waals surface area contributed by atoms with E-state index in [-0.39, 0.29) is 0 Å². The Morgan fingerprint density at radius 2 is 2.05 bits per heavy atom. The van der Waals surface area contributed by atoms with E-state index in [1.807, 2.05) is 50.0 Å². The topological polar surface area (TPSA) is 30.3 Å². The minimum atomic E-state index is 0.779. The van der Waals surface area contributed by atoms with E-state index >= 15 is 0 Å². The number of methoxy groups -OCH3 is 1. The van der Waals surface area contributed by atoms with Crippen LogP contribution < -0.4 is 9.64 Å². The van der Waals surface area contributed by atoms with Crippen molar-refractivity contribution < 1.29 is 4.74 Å². The molecule has 19 heavy (non-hydrogen) atoms. The van der Waals surface area contributed by atoms with Crippen LogP contribution in [0.2, 0.25) is 0 Å². The summed E-state index contributed by atoms with van der Waals surface area (Å²) in [4.78, 5) is 2.11. The minimum absolute atomic E-state index is 0.779. The van der Waals surface area contributed by atoms with E-state index in [1.54, 1.807) is 7.11 Å². The van der Waals surface area contributed by atoms with Gasteiger partial charge in [0.25, 0.3) is 0 Å². The van der Waals surface area contributed by atoms with Crippen molar-refractivity contribution in [1.82, 2.24) is 9.78 Å². The Morgan fingerprint density at radius 3 is 2.68 bits per heavy atom. The third-order valence-electron chi connectivity index (χ3n) is 3.21. The van der Waals surface area contributed by atoms with Crippen LogP contribution in [0.1, 0.15) is 11.3 Å². The van der Waals surface area contributed by atoms with Crippen molar-refractivity contribution in [2.24, 2.45) is 7.05 Å². The van der Waals surface area contributed by atoms with E-state index in [9.17, 15) is 0 Å². The summed E-state index contributed by atoms with van der Waals surface area (Å²) < 4.78 is 7.33. The molecule has 5 heteroatoms. The van der Waals surface area contributed by atoms with Crippen molar-refractivity contribution in [1.29, 1.82) is 0 Å². The van der Waals surface area contributed by atoms with Gasteiger partial charge in [-0.15, -0.1) is 0 Å². The van der Waals surface area contributed by atoms with Crippen LogP contribution in [0, 0.1) is 6.92 Å². The van der Waals surface area contributed by atoms with E-state index in [0.717, 1.165) is 28.3 Å². The van der Waals surface area contributed by atoms with Crippen LogP contribution in [0.4, 0.5) is 11.5 Å². The van der Waals surface area contributed by atoms with Crippen LogP contribution in [0.3, 0.4) is 0 Å². The highest BCUT2D eigenvalue weighted by Gasteiger charge is 2.19. The highest BCUT2D eigenvalue weighted by Crippen LogP contribution is 2.35. The number of aryl methyl sites for hydroxylation is 2. The summed E-state index contributed by atoms with van der Waals surface area (Å²) in [7, 11) is 5.67. The third kappa shape index (κ3) is 2.47. The predicted octanol–water partition coefficient (Wildman–Crippen LogP) is 3.40. The number of halogens is 1. The van der Waals surface area contributed by atoms with Gasteiger partial charge in [-0.25, -0.2) is 0 Å². The van der Waals surface area contributed by atoms with Gasteiger partial charge in [-0.2, -0.15) is 5.10 Å². The predicted molar refractivity (Wildman–Crippen MR) is 81.6 cm³/mol. The molecule has 0 saturated heterocycles. The lowest BCUT2D eigenvalue weighted by atomic mass is 10.2. The van der Waals surface area contributed by atoms with Crippen LogP contribution in [0.25, 0.3) is 0 Å². The van der Waals surface area contributed by atoms with Gasteiger partial charge in [-0.3, -0.25) is 4.68 Å². The fraction of sp³-hybridized carbons (Fsp3) is 0.357. The highest BCUT2D eigenvalue weighted by molar-refractivity contribution is 9.08. The summed E-state index contributed by atoms with van der Waals surface area (Å²) in [6, 6.07) is 7.98. The average molecular weight is 324 g/mol. The van der Waals surface area contributed by atoms with E-state index in [2.05, 4.69) is 25.9 Å². The first-order valence-corrected chi connectivity index (χ1v) is 7.17. The summed E-state index contributed by atoms with van der Waals surface area (Å²) in [5, 5.41) is 5.27. The molecule has 0 amide bonds. The summed E-state index contributed by atoms with van der Waals surface area (Å²) >= 11 is 3.54. The molecule has 1 aromatic carbocycles. The van der Waals surface area contributed by atoms with E-state index in [1.165, 1.54) is 5.56 Å². The molecule has 0 unspecified atom stereocenters. The Bertz CT molecular complexity index is 580. The molecule has 4 nitrogen and oxygen atoms in total. The lowest BCUT2D eigenvalue weighted by molar-refractivity contribution is 0.415. The van der Waals surface area contributed by atoms with Crippen molar-refractivity contribution in [3.05, 3.63) is 35.5 Å². The third-order valence-corrected chi connectivity index (χ3v) is 3.77. The summed E-state index contributed by atoms with van der Waals surface area (Å²) in [5.41, 5.74) is 3.25. The number of hydrogen-bond acceptors (Lipinski definition) is 3. The Morgan fingerprint density at radius 1 is 1.37 bits per heavy atom. The number of ether oxygens (including phenoxy) is 1. The van der Waals surface area contributed by atoms with Gasteiger partial charge < -0.3 is 9.64 Å². The second-order valence-corrected chi connectivity index (χ2v) is 4.94. The Kier molecular flexibility index (Phi) is 4.14. The zero-order valence-electron chi connectivity index (χ0n) is 11.6. The number of nitrogens with zero attached hydrogens (tertiary/aromatic N) is 3. The normalized spacial score (nSPS) is 10.6. The van der Waals surface area contributed by atoms with Crippen LogP contribution >= 0.6 is 15.9 Å². The number of alkyl halides is 1. The molecular formula is C14H18BrN3O. The minimum Gasteiger partial charge on any atom is -0.495 e. The van der Waals surface area contributed by atoms with E-state index < -0.39 is 0 Å². The smallest absolute Gasteiger partial charge is 0.142 e. The summed E-state index contributed by atoms with van der Waals surface area (Å²) in [6.45, 7) is 2.02. The van der Waals surface area contributed by atoms with Gasteiger partial charge in [0.15, 0.2) is 0 Å². The molecule has 0 aliphatic carbocycles. The molecule has 0 aliphatic heterocycles. The van der Waals surface area contributed by atoms with Crippen molar-refractivity contribution in [3.8, 4) is 5.75 Å². The Labute approximate surface area is 122 Å². The maximum atomic E-state index is 5.43. The average Bonchev–Trinajstić information content (AvgIpc) is 2.71. The summed E-state index contributed by atoms with van der Waals surface area (Å²) in [6.07, 6.45) is 0. The molecule has 0 fully saturated rings. The van der Waals surface area contributed by atoms with Crippen molar-refractivity contribution in [2.45, 2.75) is 12.3 Å². The first kappa shape index (κ1) is 13.9. The lowest BCUT2D eigenvalue weighted by Gasteiger charge is -2.22. The fourth-order valence-corrected chi connectivity index (χ4v) is 2.94. The Hall–Kier alpha value is -1.49. The number of hydrogen-bond donors (Lipinski definition) is 0. The molecule has 0 saturated carbocycles. The van der Waals surface area contributed by atoms with Crippen LogP contribution in [0.5, 0.6) is 5.75 Å². The molecule has 0 aliphatic rings. The molecule has 0 spiro atoms. The largest absolute Gasteiger partial charge is 0.495 e. The molecule has 0 N–H and O–H groups in total. The number of rotatable bonds is 4. The molecule has 0 atom stereocenters. The molecule has 1 heterocycles. The van der Waals surface area contributed by atoms with Crippen LogP contribution in [-0.2, 0) is 12.4 Å². The number of aromatic nitrogens is 2. The van der Waals surface area contributed by atoms with Gasteiger partial charge in [0.2, 0.25) is 0 Å². The van der Waals surface area contributed by atoms with Crippen molar-refractivity contribution >= 4 is 27.4 Å². The number of anilines is 2. The SMILES string of the molecule is COc1ccccc1N(C)c1c(CBr)c(C)nn1C. The zero-order chi connectivity index (χ0) is 14.0. The number of para-hydroxylation sites is 2. The molecule has 102 valence electrons. The molecule has 2 rings (SSSR count). The van der Waals surface area contributed by atoms with Crippen molar-refractivity contribution in [3.63, 3.8) is 0 Å². The van der Waals surface area contributed by atoms with E-state index in [0.29, 0.717) is 0 Å². The Balaban J connectivity index is 2.52. The van der Waals surface area contributed by atoms with Gasteiger partial charge in [0.1, 0.15) is 11.6 Å². The second kappa shape index (κ2) is 5.65. The standard InChI is InChI=1S/C14H18BrN3O/c1-10-11(9-15)14(18(3)16-10)17(2)12-7-5-6-8-13(12)19-4/h5-8H,9H2,1-4H3. The maximum Gasteiger partial charge on any atom is 0.142 e. The molecule has 2 aromatic rings. The van der Waals surface area contributed by atoms with Crippen LogP contribution in [-0.4, -0.2) is 23.9 Å². The molecule has 0 radical (unpaired) electrons.